The second-order valence-electron chi connectivity index (χ2n) is 6.81. The molecule has 1 aromatic carbocycles. The molecule has 174 valence electrons. The molecule has 0 bridgehead atoms. The summed E-state index contributed by atoms with van der Waals surface area (Å²) in [6.07, 6.45) is 4.55. The van der Waals surface area contributed by atoms with Crippen LogP contribution in [0.15, 0.2) is 58.7 Å². The van der Waals surface area contributed by atoms with Crippen LogP contribution < -0.4 is 9.74 Å². The van der Waals surface area contributed by atoms with Gasteiger partial charge in [-0.3, -0.25) is 4.79 Å². The van der Waals surface area contributed by atoms with Crippen LogP contribution in [0.2, 0.25) is 0 Å². The first-order valence-electron chi connectivity index (χ1n) is 9.31. The monoisotopic (exact) mass is 508 g/mol. The first kappa shape index (κ1) is 22.1. The second-order valence-corrected chi connectivity index (χ2v) is 9.12. The average Bonchev–Trinajstić information content (AvgIpc) is 3.12. The molecular weight excluding hydrogens is 497 g/mol. The number of thioether (sulfide) groups is 1. The lowest BCUT2D eigenvalue weighted by molar-refractivity contribution is -0.0500. The van der Waals surface area contributed by atoms with Crippen LogP contribution >= 0.6 is 11.8 Å². The number of rotatable bonds is 4. The Morgan fingerprint density at radius 2 is 1.85 bits per heavy atom. The third-order valence-corrected chi connectivity index (χ3v) is 6.30. The summed E-state index contributed by atoms with van der Waals surface area (Å²) in [5, 5.41) is 0.822. The molecule has 5 aromatic rings. The second kappa shape index (κ2) is 7.66. The van der Waals surface area contributed by atoms with Crippen molar-refractivity contribution in [3.63, 3.8) is 0 Å². The van der Waals surface area contributed by atoms with E-state index in [1.165, 1.54) is 39.4 Å². The molecule has 15 heteroatoms. The smallest absolute Gasteiger partial charge is 0.376 e. The van der Waals surface area contributed by atoms with Crippen LogP contribution in [0.3, 0.4) is 0 Å². The summed E-state index contributed by atoms with van der Waals surface area (Å²) in [6.45, 7) is 0. The van der Waals surface area contributed by atoms with E-state index in [1.54, 1.807) is 24.5 Å². The lowest BCUT2D eigenvalue weighted by Gasteiger charge is -2.10. The highest BCUT2D eigenvalue weighted by Crippen LogP contribution is 2.31. The molecule has 0 amide bonds. The van der Waals surface area contributed by atoms with Gasteiger partial charge in [-0.1, -0.05) is 17.8 Å². The maximum Gasteiger partial charge on any atom is 0.534 e. The van der Waals surface area contributed by atoms with Gasteiger partial charge < -0.3 is 4.18 Å². The van der Waals surface area contributed by atoms with Crippen LogP contribution in [0.1, 0.15) is 0 Å². The standard InChI is InChI=1S/C19H11F3N6O4S2/c1-33-18-24-9-12-15(26-18)25-16-11-6-5-10(32-34(30,31)19(20,21)22)8-13(11)27(28(16)17(12)29)14-4-2-3-7-23-14/h2-9H,1H3. The van der Waals surface area contributed by atoms with Gasteiger partial charge in [-0.15, -0.1) is 0 Å². The highest BCUT2D eigenvalue weighted by molar-refractivity contribution is 7.98. The van der Waals surface area contributed by atoms with E-state index < -0.39 is 26.9 Å². The lowest BCUT2D eigenvalue weighted by atomic mass is 10.2. The van der Waals surface area contributed by atoms with Crippen molar-refractivity contribution in [2.75, 3.05) is 6.26 Å². The Morgan fingerprint density at radius 1 is 1.06 bits per heavy atom. The fourth-order valence-electron chi connectivity index (χ4n) is 3.32. The van der Waals surface area contributed by atoms with E-state index in [-0.39, 0.29) is 28.0 Å². The molecule has 0 fully saturated rings. The molecule has 0 aliphatic carbocycles. The minimum absolute atomic E-state index is 0.103. The van der Waals surface area contributed by atoms with E-state index >= 15 is 0 Å². The number of aromatic nitrogens is 6. The van der Waals surface area contributed by atoms with Crippen LogP contribution in [-0.2, 0) is 10.1 Å². The van der Waals surface area contributed by atoms with Gasteiger partial charge in [0.2, 0.25) is 0 Å². The fourth-order valence-corrected chi connectivity index (χ4v) is 4.11. The summed E-state index contributed by atoms with van der Waals surface area (Å²) < 4.78 is 68.2. The predicted molar refractivity (Wildman–Crippen MR) is 117 cm³/mol. The number of pyridine rings is 1. The van der Waals surface area contributed by atoms with Crippen LogP contribution in [0.5, 0.6) is 5.75 Å². The van der Waals surface area contributed by atoms with Crippen molar-refractivity contribution in [3.05, 3.63) is 59.1 Å². The number of alkyl halides is 3. The molecule has 0 unspecified atom stereocenters. The van der Waals surface area contributed by atoms with Gasteiger partial charge in [-0.25, -0.2) is 24.6 Å². The van der Waals surface area contributed by atoms with Crippen molar-refractivity contribution < 1.29 is 25.8 Å². The molecule has 0 aliphatic rings. The molecule has 10 nitrogen and oxygen atoms in total. The Labute approximate surface area is 192 Å². The van der Waals surface area contributed by atoms with Gasteiger partial charge in [0.15, 0.2) is 22.3 Å². The Balaban J connectivity index is 1.88. The summed E-state index contributed by atoms with van der Waals surface area (Å²) in [7, 11) is -5.90. The summed E-state index contributed by atoms with van der Waals surface area (Å²) in [4.78, 5) is 30.5. The van der Waals surface area contributed by atoms with Crippen LogP contribution in [0.25, 0.3) is 33.4 Å². The molecule has 34 heavy (non-hydrogen) atoms. The highest BCUT2D eigenvalue weighted by atomic mass is 32.2. The largest absolute Gasteiger partial charge is 0.534 e. The van der Waals surface area contributed by atoms with Crippen LogP contribution in [0, 0.1) is 0 Å². The van der Waals surface area contributed by atoms with Crippen molar-refractivity contribution in [1.29, 1.82) is 0 Å². The van der Waals surface area contributed by atoms with Crippen molar-refractivity contribution >= 4 is 49.5 Å². The van der Waals surface area contributed by atoms with E-state index in [2.05, 4.69) is 24.1 Å². The van der Waals surface area contributed by atoms with E-state index in [1.807, 2.05) is 0 Å². The molecule has 0 aliphatic heterocycles. The predicted octanol–water partition coefficient (Wildman–Crippen LogP) is 2.93. The molecule has 4 heterocycles. The van der Waals surface area contributed by atoms with Crippen molar-refractivity contribution in [2.24, 2.45) is 0 Å². The first-order valence-corrected chi connectivity index (χ1v) is 11.9. The Morgan fingerprint density at radius 3 is 2.53 bits per heavy atom. The van der Waals surface area contributed by atoms with Gasteiger partial charge in [-0.05, 0) is 30.5 Å². The minimum atomic E-state index is -5.90. The third kappa shape index (κ3) is 3.43. The number of halogens is 3. The van der Waals surface area contributed by atoms with Crippen molar-refractivity contribution in [3.8, 4) is 11.6 Å². The maximum atomic E-state index is 13.4. The zero-order valence-electron chi connectivity index (χ0n) is 16.9. The van der Waals surface area contributed by atoms with E-state index in [0.717, 1.165) is 12.1 Å². The lowest BCUT2D eigenvalue weighted by Crippen LogP contribution is -2.28. The highest BCUT2D eigenvalue weighted by Gasteiger charge is 2.48. The molecule has 0 spiro atoms. The zero-order chi connectivity index (χ0) is 24.3. The molecule has 0 saturated carbocycles. The fraction of sp³-hybridized carbons (Fsp3) is 0.105. The third-order valence-electron chi connectivity index (χ3n) is 4.76. The first-order chi connectivity index (χ1) is 16.1. The molecule has 5 rings (SSSR count). The van der Waals surface area contributed by atoms with Crippen LogP contribution in [-0.4, -0.2) is 49.3 Å². The summed E-state index contributed by atoms with van der Waals surface area (Å²) in [6, 6.07) is 8.24. The Bertz CT molecular complexity index is 1750. The van der Waals surface area contributed by atoms with E-state index in [0.29, 0.717) is 10.5 Å². The van der Waals surface area contributed by atoms with E-state index in [4.69, 9.17) is 0 Å². The zero-order valence-corrected chi connectivity index (χ0v) is 18.5. The quantitative estimate of drug-likeness (QED) is 0.156. The number of nitrogens with zero attached hydrogens (tertiary/aromatic N) is 6. The van der Waals surface area contributed by atoms with Gasteiger partial charge in [0.25, 0.3) is 5.56 Å². The molecule has 0 N–H and O–H groups in total. The van der Waals surface area contributed by atoms with Crippen LogP contribution in [0.4, 0.5) is 13.2 Å². The topological polar surface area (TPSA) is 121 Å². The van der Waals surface area contributed by atoms with Gasteiger partial charge in [0, 0.05) is 23.8 Å². The molecular formula is C19H11F3N6O4S2. The summed E-state index contributed by atoms with van der Waals surface area (Å²) >= 11 is 1.26. The number of hydrogen-bond donors (Lipinski definition) is 0. The van der Waals surface area contributed by atoms with Crippen molar-refractivity contribution in [2.45, 2.75) is 10.7 Å². The summed E-state index contributed by atoms with van der Waals surface area (Å²) in [5.74, 6) is -0.380. The Hall–Kier alpha value is -3.72. The Kier molecular flexibility index (Phi) is 4.98. The molecule has 0 atom stereocenters. The maximum absolute atomic E-state index is 13.4. The number of benzene rings is 1. The summed E-state index contributed by atoms with van der Waals surface area (Å²) in [5.41, 5.74) is -5.77. The normalized spacial score (nSPS) is 12.6. The molecule has 4 aromatic heterocycles. The van der Waals surface area contributed by atoms with Gasteiger partial charge in [0.1, 0.15) is 11.1 Å². The van der Waals surface area contributed by atoms with Crippen molar-refractivity contribution in [1.82, 2.24) is 29.1 Å². The van der Waals surface area contributed by atoms with Gasteiger partial charge in [0.05, 0.1) is 5.52 Å². The van der Waals surface area contributed by atoms with E-state index in [9.17, 15) is 26.4 Å². The number of fused-ring (bicyclic) bond motifs is 4. The van der Waals surface area contributed by atoms with Gasteiger partial charge in [-0.2, -0.15) is 26.1 Å². The minimum Gasteiger partial charge on any atom is -0.376 e. The SMILES string of the molecule is CSc1ncc2c(=O)n3c(nc2n1)c1ccc(OS(=O)(=O)C(F)(F)F)cc1n3-c1ccccn1. The molecule has 0 radical (unpaired) electrons. The molecule has 0 saturated heterocycles. The average molecular weight is 508 g/mol. The number of hydrogen-bond acceptors (Lipinski definition) is 9. The van der Waals surface area contributed by atoms with Gasteiger partial charge >= 0.3 is 15.6 Å².